The molecule has 8 heteroatoms. The van der Waals surface area contributed by atoms with Gasteiger partial charge in [-0.25, -0.2) is 4.79 Å². The van der Waals surface area contributed by atoms with Crippen molar-refractivity contribution < 1.29 is 9.32 Å². The Kier molecular flexibility index (Phi) is 5.88. The van der Waals surface area contributed by atoms with Gasteiger partial charge in [-0.05, 0) is 31.2 Å². The van der Waals surface area contributed by atoms with Crippen LogP contribution in [0, 0.1) is 0 Å². The highest BCUT2D eigenvalue weighted by molar-refractivity contribution is 5.74. The first-order chi connectivity index (χ1) is 14.2. The third kappa shape index (κ3) is 4.82. The summed E-state index contributed by atoms with van der Waals surface area (Å²) in [6, 6.07) is 9.82. The van der Waals surface area contributed by atoms with Crippen molar-refractivity contribution in [3.8, 4) is 11.4 Å². The first kappa shape index (κ1) is 19.2. The molecule has 0 saturated carbocycles. The number of hydrogen-bond donors (Lipinski definition) is 1. The van der Waals surface area contributed by atoms with Crippen molar-refractivity contribution in [1.82, 2.24) is 30.1 Å². The van der Waals surface area contributed by atoms with Crippen LogP contribution in [0.5, 0.6) is 0 Å². The van der Waals surface area contributed by atoms with Crippen LogP contribution >= 0.6 is 0 Å². The number of hydrogen-bond acceptors (Lipinski definition) is 5. The van der Waals surface area contributed by atoms with Crippen LogP contribution in [-0.4, -0.2) is 50.5 Å². The van der Waals surface area contributed by atoms with E-state index in [1.54, 1.807) is 4.68 Å². The summed E-state index contributed by atoms with van der Waals surface area (Å²) >= 11 is 0. The number of urea groups is 1. The zero-order valence-corrected chi connectivity index (χ0v) is 16.6. The predicted molar refractivity (Wildman–Crippen MR) is 108 cm³/mol. The molecule has 1 saturated heterocycles. The van der Waals surface area contributed by atoms with E-state index in [2.05, 4.69) is 20.6 Å². The normalized spacial score (nSPS) is 14.9. The zero-order valence-electron chi connectivity index (χ0n) is 16.6. The Balaban J connectivity index is 1.21. The highest BCUT2D eigenvalue weighted by Crippen LogP contribution is 2.28. The maximum atomic E-state index is 12.4. The van der Waals surface area contributed by atoms with E-state index in [0.717, 1.165) is 31.2 Å². The van der Waals surface area contributed by atoms with Crippen LogP contribution in [0.15, 0.2) is 47.2 Å². The summed E-state index contributed by atoms with van der Waals surface area (Å²) in [4.78, 5) is 18.8. The van der Waals surface area contributed by atoms with E-state index in [1.807, 2.05) is 54.7 Å². The monoisotopic (exact) mass is 394 g/mol. The van der Waals surface area contributed by atoms with Crippen LogP contribution in [0.3, 0.4) is 0 Å². The molecule has 1 N–H and O–H groups in total. The number of amides is 2. The van der Waals surface area contributed by atoms with Gasteiger partial charge in [0.05, 0.1) is 6.20 Å². The van der Waals surface area contributed by atoms with Gasteiger partial charge in [0.25, 0.3) is 0 Å². The van der Waals surface area contributed by atoms with Crippen LogP contribution in [0.2, 0.25) is 0 Å². The molecule has 2 amide bonds. The lowest BCUT2D eigenvalue weighted by Gasteiger charge is -2.30. The van der Waals surface area contributed by atoms with Crippen molar-refractivity contribution in [1.29, 1.82) is 0 Å². The molecule has 0 atom stereocenters. The van der Waals surface area contributed by atoms with Crippen LogP contribution in [-0.2, 0) is 13.5 Å². The van der Waals surface area contributed by atoms with Gasteiger partial charge < -0.3 is 14.7 Å². The van der Waals surface area contributed by atoms with Gasteiger partial charge in [-0.3, -0.25) is 4.68 Å². The van der Waals surface area contributed by atoms with E-state index in [0.29, 0.717) is 31.3 Å². The summed E-state index contributed by atoms with van der Waals surface area (Å²) in [5.41, 5.74) is 2.14. The molecule has 0 bridgehead atoms. The van der Waals surface area contributed by atoms with Crippen molar-refractivity contribution >= 4 is 6.03 Å². The lowest BCUT2D eigenvalue weighted by atomic mass is 9.97. The van der Waals surface area contributed by atoms with Gasteiger partial charge in [-0.1, -0.05) is 35.5 Å². The van der Waals surface area contributed by atoms with E-state index >= 15 is 0 Å². The summed E-state index contributed by atoms with van der Waals surface area (Å²) in [6.07, 6.45) is 7.36. The Morgan fingerprint density at radius 2 is 2.03 bits per heavy atom. The number of aryl methyl sites for hydroxylation is 2. The average molecular weight is 394 g/mol. The molecule has 0 aliphatic carbocycles. The van der Waals surface area contributed by atoms with Gasteiger partial charge in [0.15, 0.2) is 0 Å². The summed E-state index contributed by atoms with van der Waals surface area (Å²) in [7, 11) is 1.91. The molecular formula is C21H26N6O2. The maximum Gasteiger partial charge on any atom is 0.317 e. The minimum absolute atomic E-state index is 0.00476. The van der Waals surface area contributed by atoms with Gasteiger partial charge in [0.2, 0.25) is 11.7 Å². The molecule has 0 radical (unpaired) electrons. The first-order valence-corrected chi connectivity index (χ1v) is 10.1. The quantitative estimate of drug-likeness (QED) is 0.649. The Morgan fingerprint density at radius 1 is 1.24 bits per heavy atom. The van der Waals surface area contributed by atoms with Gasteiger partial charge in [-0.2, -0.15) is 10.1 Å². The zero-order chi connectivity index (χ0) is 20.1. The van der Waals surface area contributed by atoms with E-state index in [-0.39, 0.29) is 11.9 Å². The number of nitrogens with zero attached hydrogens (tertiary/aromatic N) is 5. The van der Waals surface area contributed by atoms with Crippen molar-refractivity contribution in [2.24, 2.45) is 7.05 Å². The number of carbonyl (C=O) groups excluding carboxylic acids is 1. The second-order valence-corrected chi connectivity index (χ2v) is 7.44. The average Bonchev–Trinajstić information content (AvgIpc) is 3.41. The highest BCUT2D eigenvalue weighted by atomic mass is 16.5. The number of benzene rings is 1. The lowest BCUT2D eigenvalue weighted by Crippen LogP contribution is -2.44. The molecule has 3 aromatic rings. The number of aromatic nitrogens is 4. The topological polar surface area (TPSA) is 89.1 Å². The molecule has 152 valence electrons. The van der Waals surface area contributed by atoms with Gasteiger partial charge in [0.1, 0.15) is 0 Å². The van der Waals surface area contributed by atoms with Crippen molar-refractivity contribution in [3.63, 3.8) is 0 Å². The molecule has 8 nitrogen and oxygen atoms in total. The van der Waals surface area contributed by atoms with Crippen molar-refractivity contribution in [3.05, 3.63) is 54.2 Å². The third-order valence-electron chi connectivity index (χ3n) is 5.28. The largest absolute Gasteiger partial charge is 0.339 e. The van der Waals surface area contributed by atoms with Gasteiger partial charge in [0, 0.05) is 44.4 Å². The van der Waals surface area contributed by atoms with E-state index in [4.69, 9.17) is 4.52 Å². The highest BCUT2D eigenvalue weighted by Gasteiger charge is 2.27. The van der Waals surface area contributed by atoms with E-state index < -0.39 is 0 Å². The van der Waals surface area contributed by atoms with Crippen molar-refractivity contribution in [2.75, 3.05) is 19.6 Å². The van der Waals surface area contributed by atoms with Gasteiger partial charge >= 0.3 is 6.03 Å². The van der Waals surface area contributed by atoms with E-state index in [1.165, 1.54) is 5.56 Å². The van der Waals surface area contributed by atoms with Crippen LogP contribution in [0.1, 0.15) is 36.6 Å². The fourth-order valence-corrected chi connectivity index (χ4v) is 3.64. The Morgan fingerprint density at radius 3 is 2.76 bits per heavy atom. The summed E-state index contributed by atoms with van der Waals surface area (Å²) < 4.78 is 7.29. The molecular weight excluding hydrogens is 368 g/mol. The summed E-state index contributed by atoms with van der Waals surface area (Å²) in [5.74, 6) is 1.49. The maximum absolute atomic E-state index is 12.4. The molecule has 3 heterocycles. The van der Waals surface area contributed by atoms with Crippen LogP contribution in [0.4, 0.5) is 4.79 Å². The SMILES string of the molecule is Cn1cc(CCCNC(=O)N2CCC(c3nc(-c4ccccc4)no3)CC2)cn1. The second-order valence-electron chi connectivity index (χ2n) is 7.44. The summed E-state index contributed by atoms with van der Waals surface area (Å²) in [5, 5.41) is 11.3. The molecule has 29 heavy (non-hydrogen) atoms. The smallest absolute Gasteiger partial charge is 0.317 e. The minimum Gasteiger partial charge on any atom is -0.339 e. The molecule has 1 aliphatic heterocycles. The summed E-state index contributed by atoms with van der Waals surface area (Å²) in [6.45, 7) is 2.06. The Bertz CT molecular complexity index is 928. The number of carbonyl (C=O) groups is 1. The number of nitrogens with one attached hydrogen (secondary N) is 1. The van der Waals surface area contributed by atoms with Gasteiger partial charge in [-0.15, -0.1) is 0 Å². The lowest BCUT2D eigenvalue weighted by molar-refractivity contribution is 0.175. The molecule has 2 aromatic heterocycles. The van der Waals surface area contributed by atoms with E-state index in [9.17, 15) is 4.79 Å². The third-order valence-corrected chi connectivity index (χ3v) is 5.28. The fraction of sp³-hybridized carbons (Fsp3) is 0.429. The molecule has 4 rings (SSSR count). The Labute approximate surface area is 169 Å². The molecule has 1 fully saturated rings. The van der Waals surface area contributed by atoms with Crippen LogP contribution in [0.25, 0.3) is 11.4 Å². The van der Waals surface area contributed by atoms with Crippen molar-refractivity contribution in [2.45, 2.75) is 31.6 Å². The first-order valence-electron chi connectivity index (χ1n) is 10.1. The number of rotatable bonds is 6. The predicted octanol–water partition coefficient (Wildman–Crippen LogP) is 2.99. The standard InChI is InChI=1S/C21H26N6O2/c1-26-15-16(14-23-26)6-5-11-22-21(28)27-12-9-18(10-13-27)20-24-19(25-29-20)17-7-3-2-4-8-17/h2-4,7-8,14-15,18H,5-6,9-13H2,1H3,(H,22,28). The number of piperidine rings is 1. The fourth-order valence-electron chi connectivity index (χ4n) is 3.64. The molecule has 1 aliphatic rings. The molecule has 0 unspecified atom stereocenters. The number of likely N-dealkylation sites (tertiary alicyclic amines) is 1. The Hall–Kier alpha value is -3.16. The minimum atomic E-state index is 0.00476. The molecule has 1 aromatic carbocycles. The van der Waals surface area contributed by atoms with Crippen LogP contribution < -0.4 is 5.32 Å². The second kappa shape index (κ2) is 8.89. The molecule has 0 spiro atoms.